The van der Waals surface area contributed by atoms with Crippen LogP contribution < -0.4 is 20.1 Å². The summed E-state index contributed by atoms with van der Waals surface area (Å²) < 4.78 is 120. The van der Waals surface area contributed by atoms with Gasteiger partial charge in [-0.2, -0.15) is 4.98 Å². The van der Waals surface area contributed by atoms with Crippen LogP contribution in [0.15, 0.2) is 59.6 Å². The van der Waals surface area contributed by atoms with E-state index in [4.69, 9.17) is 19.8 Å². The highest BCUT2D eigenvalue weighted by atomic mass is 32.2. The molecule has 0 saturated carbocycles. The molecule has 1 aromatic heterocycles. The average molecular weight is 536 g/mol. The van der Waals surface area contributed by atoms with Crippen LogP contribution in [-0.4, -0.2) is 55.0 Å². The lowest BCUT2D eigenvalue weighted by molar-refractivity contribution is 0.238. The molecule has 3 N–H and O–H groups in total. The predicted octanol–water partition coefficient (Wildman–Crippen LogP) is 4.82. The summed E-state index contributed by atoms with van der Waals surface area (Å²) in [6.45, 7) is -8.74. The molecule has 3 aromatic rings. The highest BCUT2D eigenvalue weighted by Crippen LogP contribution is 2.24. The minimum atomic E-state index is -4.71. The molecule has 1 aliphatic heterocycles. The zero-order valence-corrected chi connectivity index (χ0v) is 21.0. The molecule has 0 radical (unpaired) electrons. The number of aryl methyl sites for hydroxylation is 1. The van der Waals surface area contributed by atoms with Crippen LogP contribution in [0.4, 0.5) is 23.1 Å². The van der Waals surface area contributed by atoms with Crippen LogP contribution in [-0.2, 0) is 10.0 Å². The zero-order valence-electron chi connectivity index (χ0n) is 31.2. The Kier molecular flexibility index (Phi) is 4.92. The van der Waals surface area contributed by atoms with E-state index in [1.54, 1.807) is 29.2 Å². The molecule has 0 amide bonds. The molecule has 0 aliphatic carbocycles. The van der Waals surface area contributed by atoms with Gasteiger partial charge < -0.3 is 15.4 Å². The van der Waals surface area contributed by atoms with E-state index in [9.17, 15) is 8.42 Å². The van der Waals surface area contributed by atoms with Crippen molar-refractivity contribution in [3.63, 3.8) is 0 Å². The van der Waals surface area contributed by atoms with Crippen molar-refractivity contribution in [1.29, 1.82) is 0 Å². The smallest absolute Gasteiger partial charge is 0.241 e. The summed E-state index contributed by atoms with van der Waals surface area (Å²) in [5.74, 6) is 0.238. The van der Waals surface area contributed by atoms with Crippen LogP contribution in [0.5, 0.6) is 5.75 Å². The van der Waals surface area contributed by atoms with E-state index in [1.165, 1.54) is 12.1 Å². The Bertz CT molecular complexity index is 1680. The maximum Gasteiger partial charge on any atom is 0.241 e. The molecule has 1 fully saturated rings. The molecule has 2 heterocycles. The Hall–Kier alpha value is -3.21. The quantitative estimate of drug-likeness (QED) is 0.339. The number of sulfonamides is 1. The lowest BCUT2D eigenvalue weighted by Crippen LogP contribution is -2.40. The molecule has 4 rings (SSSR count). The van der Waals surface area contributed by atoms with Gasteiger partial charge in [0.25, 0.3) is 0 Å². The van der Waals surface area contributed by atoms with Crippen molar-refractivity contribution < 1.29 is 28.2 Å². The Morgan fingerprint density at radius 1 is 1.11 bits per heavy atom. The second-order valence-corrected chi connectivity index (χ2v) is 10.3. The van der Waals surface area contributed by atoms with Gasteiger partial charge in [-0.1, -0.05) is 6.07 Å². The Morgan fingerprint density at radius 3 is 2.62 bits per heavy atom. The Labute approximate surface area is 235 Å². The van der Waals surface area contributed by atoms with Crippen molar-refractivity contribution in [2.75, 3.05) is 36.8 Å². The van der Waals surface area contributed by atoms with Gasteiger partial charge >= 0.3 is 0 Å². The van der Waals surface area contributed by atoms with Gasteiger partial charge in [0.2, 0.25) is 16.0 Å². The summed E-state index contributed by atoms with van der Waals surface area (Å²) in [5.41, 5.74) is -2.54. The Morgan fingerprint density at radius 2 is 1.89 bits per heavy atom. The third-order valence-corrected chi connectivity index (χ3v) is 6.83. The predicted molar refractivity (Wildman–Crippen MR) is 147 cm³/mol. The number of ether oxygens (including phenoxy) is 1. The van der Waals surface area contributed by atoms with E-state index in [1.807, 2.05) is 4.72 Å². The van der Waals surface area contributed by atoms with E-state index in [2.05, 4.69) is 20.6 Å². The molecule has 10 heteroatoms. The van der Waals surface area contributed by atoms with Gasteiger partial charge in [-0.25, -0.2) is 18.1 Å². The lowest BCUT2D eigenvalue weighted by atomic mass is 10.1. The summed E-state index contributed by atoms with van der Waals surface area (Å²) in [5, 5.41) is 5.73. The molecule has 198 valence electrons. The molecular formula is C27H36N6O3S. The van der Waals surface area contributed by atoms with Gasteiger partial charge in [-0.15, -0.1) is 0 Å². The van der Waals surface area contributed by atoms with Crippen molar-refractivity contribution in [3.8, 4) is 5.75 Å². The third-order valence-electron chi connectivity index (χ3n) is 5.28. The first kappa shape index (κ1) is 15.9. The minimum Gasteiger partial charge on any atom is -0.492 e. The maximum atomic E-state index is 13.2. The fourth-order valence-electron chi connectivity index (χ4n) is 3.59. The maximum absolute atomic E-state index is 13.2. The number of likely N-dealkylation sites (tertiary alicyclic amines) is 1. The highest BCUT2D eigenvalue weighted by Gasteiger charge is 2.22. The molecular weight excluding hydrogens is 488 g/mol. The molecule has 1 saturated heterocycles. The van der Waals surface area contributed by atoms with Gasteiger partial charge in [0.05, 0.1) is 4.90 Å². The van der Waals surface area contributed by atoms with Gasteiger partial charge in [0, 0.05) is 50.2 Å². The zero-order chi connectivity index (χ0) is 35.8. The van der Waals surface area contributed by atoms with Crippen molar-refractivity contribution in [2.45, 2.75) is 50.8 Å². The molecule has 0 spiro atoms. The van der Waals surface area contributed by atoms with Crippen LogP contribution in [0.1, 0.15) is 54.1 Å². The first-order valence-corrected chi connectivity index (χ1v) is 13.0. The van der Waals surface area contributed by atoms with Crippen molar-refractivity contribution in [3.05, 3.63) is 60.3 Å². The third kappa shape index (κ3) is 7.88. The largest absolute Gasteiger partial charge is 0.492 e. The first-order chi connectivity index (χ1) is 22.0. The van der Waals surface area contributed by atoms with Gasteiger partial charge in [0.15, 0.2) is 0 Å². The van der Waals surface area contributed by atoms with Crippen LogP contribution in [0.3, 0.4) is 0 Å². The number of benzene rings is 2. The SMILES string of the molecule is [2H]C([2H])([2H])c1cnc(Nc2ccc(OCC([2H])([2H])N3CCCC3)cc2)nc1Nc1cccc(S(=O)(=O)NC(C)(C([2H])([2H])[2H])C([2H])([2H])[2H])c1. The monoisotopic (exact) mass is 535 g/mol. The van der Waals surface area contributed by atoms with Crippen LogP contribution in [0.2, 0.25) is 0 Å². The summed E-state index contributed by atoms with van der Waals surface area (Å²) in [4.78, 5) is 9.65. The average Bonchev–Trinajstić information content (AvgIpc) is 3.52. The molecule has 1 aliphatic rings. The fourth-order valence-corrected chi connectivity index (χ4v) is 4.78. The minimum absolute atomic E-state index is 0.0129. The number of aromatic nitrogens is 2. The standard InChI is InChI=1S/C27H36N6O3S/c1-20-19-28-26(30-21-10-12-23(13-11-21)36-17-16-33-14-5-6-15-33)31-25(20)29-22-8-7-9-24(18-22)37(34,35)32-27(2,3)4/h7-13,18-19,32H,5-6,14-17H2,1-4H3,(H2,28,29,30,31)/i1D3,2D3,3D3,16D2. The topological polar surface area (TPSA) is 108 Å². The summed E-state index contributed by atoms with van der Waals surface area (Å²) in [6.07, 6.45) is 2.98. The molecule has 9 nitrogen and oxygen atoms in total. The van der Waals surface area contributed by atoms with Crippen LogP contribution >= 0.6 is 0 Å². The van der Waals surface area contributed by atoms with Crippen LogP contribution in [0.25, 0.3) is 0 Å². The molecule has 2 aromatic carbocycles. The summed E-state index contributed by atoms with van der Waals surface area (Å²) in [7, 11) is -4.71. The molecule has 37 heavy (non-hydrogen) atoms. The second-order valence-electron chi connectivity index (χ2n) is 8.63. The number of rotatable bonds is 10. The number of hydrogen-bond donors (Lipinski definition) is 3. The van der Waals surface area contributed by atoms with E-state index in [-0.39, 0.29) is 29.6 Å². The van der Waals surface area contributed by atoms with E-state index >= 15 is 0 Å². The second kappa shape index (κ2) is 11.5. The summed E-state index contributed by atoms with van der Waals surface area (Å²) >= 11 is 0. The van der Waals surface area contributed by atoms with Gasteiger partial charge in [-0.05, 0) is 95.9 Å². The number of hydrogen-bond acceptors (Lipinski definition) is 8. The molecule has 0 atom stereocenters. The van der Waals surface area contributed by atoms with E-state index in [0.29, 0.717) is 24.5 Å². The van der Waals surface area contributed by atoms with E-state index in [0.717, 1.165) is 38.1 Å². The van der Waals surface area contributed by atoms with E-state index < -0.39 is 47.5 Å². The number of nitrogens with zero attached hydrogens (tertiary/aromatic N) is 3. The fraction of sp³-hybridized carbons (Fsp3) is 0.407. The normalized spacial score (nSPS) is 20.3. The molecule has 0 bridgehead atoms. The Balaban J connectivity index is 1.54. The van der Waals surface area contributed by atoms with Crippen molar-refractivity contribution in [1.82, 2.24) is 19.6 Å². The lowest BCUT2D eigenvalue weighted by Gasteiger charge is -2.20. The van der Waals surface area contributed by atoms with Crippen molar-refractivity contribution in [2.24, 2.45) is 0 Å². The highest BCUT2D eigenvalue weighted by molar-refractivity contribution is 7.89. The van der Waals surface area contributed by atoms with Crippen LogP contribution in [0, 0.1) is 6.85 Å². The van der Waals surface area contributed by atoms with Gasteiger partial charge in [-0.3, -0.25) is 4.90 Å². The first-order valence-electron chi connectivity index (χ1n) is 17.1. The summed E-state index contributed by atoms with van der Waals surface area (Å²) in [6, 6.07) is 11.4. The van der Waals surface area contributed by atoms with Crippen molar-refractivity contribution >= 4 is 33.2 Å². The number of nitrogens with one attached hydrogen (secondary N) is 3. The van der Waals surface area contributed by atoms with Gasteiger partial charge in [0.1, 0.15) is 18.2 Å². The molecule has 0 unspecified atom stereocenters. The number of anilines is 4.